The number of aryl methyl sites for hydroxylation is 2. The molecule has 0 fully saturated rings. The second kappa shape index (κ2) is 9.77. The number of carbonyl (C=O) groups excluding carboxylic acids is 1. The molecule has 170 valence electrons. The van der Waals surface area contributed by atoms with Crippen molar-refractivity contribution in [2.75, 3.05) is 13.7 Å². The smallest absolute Gasteiger partial charge is 0.252 e. The van der Waals surface area contributed by atoms with Gasteiger partial charge in [0.05, 0.1) is 30.7 Å². The van der Waals surface area contributed by atoms with Gasteiger partial charge in [0.2, 0.25) is 0 Å². The molecule has 1 amide bonds. The summed E-state index contributed by atoms with van der Waals surface area (Å²) in [6, 6.07) is 21.1. The molecule has 4 rings (SSSR count). The van der Waals surface area contributed by atoms with E-state index in [1.165, 1.54) is 0 Å². The SMILES string of the molecule is COc1ccccc1OCCn1c(C(C)NC(=O)c2ccc(C)cc2C)nc2ccccc21. The third-order valence-electron chi connectivity index (χ3n) is 5.69. The van der Waals surface area contributed by atoms with Gasteiger partial charge in [-0.05, 0) is 56.7 Å². The number of carbonyl (C=O) groups is 1. The minimum Gasteiger partial charge on any atom is -0.493 e. The molecule has 0 aliphatic rings. The van der Waals surface area contributed by atoms with Crippen LogP contribution in [-0.2, 0) is 6.54 Å². The van der Waals surface area contributed by atoms with Crippen LogP contribution in [0.1, 0.15) is 40.3 Å². The standard InChI is InChI=1S/C27H29N3O3/c1-18-13-14-21(19(2)17-18)27(31)28-20(3)26-29-22-9-5-6-10-23(22)30(26)15-16-33-25-12-8-7-11-24(25)32-4/h5-14,17,20H,15-16H2,1-4H3,(H,28,31). The van der Waals surface area contributed by atoms with Gasteiger partial charge in [-0.1, -0.05) is 42.0 Å². The molecular formula is C27H29N3O3. The van der Waals surface area contributed by atoms with Gasteiger partial charge < -0.3 is 19.4 Å². The van der Waals surface area contributed by atoms with Gasteiger partial charge in [-0.25, -0.2) is 4.98 Å². The van der Waals surface area contributed by atoms with Crippen LogP contribution in [0.25, 0.3) is 11.0 Å². The fourth-order valence-electron chi connectivity index (χ4n) is 4.05. The molecule has 4 aromatic rings. The van der Waals surface area contributed by atoms with E-state index in [1.807, 2.05) is 87.5 Å². The molecule has 0 saturated heterocycles. The predicted octanol–water partition coefficient (Wildman–Crippen LogP) is 5.23. The first-order valence-corrected chi connectivity index (χ1v) is 11.1. The summed E-state index contributed by atoms with van der Waals surface area (Å²) in [4.78, 5) is 17.8. The molecular weight excluding hydrogens is 414 g/mol. The van der Waals surface area contributed by atoms with Crippen LogP contribution < -0.4 is 14.8 Å². The average molecular weight is 444 g/mol. The number of fused-ring (bicyclic) bond motifs is 1. The van der Waals surface area contributed by atoms with Crippen molar-refractivity contribution in [1.29, 1.82) is 0 Å². The molecule has 0 bridgehead atoms. The lowest BCUT2D eigenvalue weighted by atomic mass is 10.0. The number of benzene rings is 3. The zero-order valence-corrected chi connectivity index (χ0v) is 19.5. The van der Waals surface area contributed by atoms with E-state index >= 15 is 0 Å². The van der Waals surface area contributed by atoms with Gasteiger partial charge in [0, 0.05) is 5.56 Å². The summed E-state index contributed by atoms with van der Waals surface area (Å²) in [5, 5.41) is 3.12. The minimum absolute atomic E-state index is 0.108. The Morgan fingerprint density at radius 2 is 1.76 bits per heavy atom. The number of nitrogens with one attached hydrogen (secondary N) is 1. The van der Waals surface area contributed by atoms with Gasteiger partial charge in [0.1, 0.15) is 12.4 Å². The second-order valence-electron chi connectivity index (χ2n) is 8.12. The van der Waals surface area contributed by atoms with Gasteiger partial charge in [-0.15, -0.1) is 0 Å². The van der Waals surface area contributed by atoms with E-state index in [4.69, 9.17) is 14.5 Å². The molecule has 0 radical (unpaired) electrons. The fourth-order valence-corrected chi connectivity index (χ4v) is 4.05. The Bertz CT molecular complexity index is 1280. The van der Waals surface area contributed by atoms with Crippen molar-refractivity contribution >= 4 is 16.9 Å². The van der Waals surface area contributed by atoms with Crippen molar-refractivity contribution in [1.82, 2.24) is 14.9 Å². The molecule has 1 atom stereocenters. The number of imidazole rings is 1. The predicted molar refractivity (Wildman–Crippen MR) is 130 cm³/mol. The average Bonchev–Trinajstić information content (AvgIpc) is 3.18. The summed E-state index contributed by atoms with van der Waals surface area (Å²) in [5.41, 5.74) is 4.66. The number of nitrogens with zero attached hydrogens (tertiary/aromatic N) is 2. The molecule has 6 nitrogen and oxygen atoms in total. The van der Waals surface area contributed by atoms with Crippen molar-refractivity contribution in [3.8, 4) is 11.5 Å². The van der Waals surface area contributed by atoms with Gasteiger partial charge in [0.15, 0.2) is 11.5 Å². The van der Waals surface area contributed by atoms with Crippen LogP contribution >= 0.6 is 0 Å². The lowest BCUT2D eigenvalue weighted by molar-refractivity contribution is 0.0937. The summed E-state index contributed by atoms with van der Waals surface area (Å²) < 4.78 is 13.5. The molecule has 6 heteroatoms. The number of aromatic nitrogens is 2. The molecule has 1 unspecified atom stereocenters. The van der Waals surface area contributed by atoms with Crippen LogP contribution in [0.15, 0.2) is 66.7 Å². The highest BCUT2D eigenvalue weighted by Crippen LogP contribution is 2.26. The highest BCUT2D eigenvalue weighted by molar-refractivity contribution is 5.96. The van der Waals surface area contributed by atoms with E-state index in [-0.39, 0.29) is 11.9 Å². The topological polar surface area (TPSA) is 65.4 Å². The monoisotopic (exact) mass is 443 g/mol. The fraction of sp³-hybridized carbons (Fsp3) is 0.259. The van der Waals surface area contributed by atoms with Crippen LogP contribution in [0.4, 0.5) is 0 Å². The van der Waals surface area contributed by atoms with Crippen LogP contribution in [0.2, 0.25) is 0 Å². The normalized spacial score (nSPS) is 11.9. The molecule has 0 aliphatic carbocycles. The lowest BCUT2D eigenvalue weighted by Crippen LogP contribution is -2.29. The van der Waals surface area contributed by atoms with Crippen LogP contribution in [0.5, 0.6) is 11.5 Å². The molecule has 0 spiro atoms. The summed E-state index contributed by atoms with van der Waals surface area (Å²) in [7, 11) is 1.63. The molecule has 1 aromatic heterocycles. The Hall–Kier alpha value is -3.80. The molecule has 33 heavy (non-hydrogen) atoms. The molecule has 0 aliphatic heterocycles. The van der Waals surface area contributed by atoms with Crippen LogP contribution in [-0.4, -0.2) is 29.2 Å². The Morgan fingerprint density at radius 3 is 2.52 bits per heavy atom. The van der Waals surface area contributed by atoms with E-state index in [0.717, 1.165) is 28.0 Å². The number of methoxy groups -OCH3 is 1. The van der Waals surface area contributed by atoms with Gasteiger partial charge in [-0.3, -0.25) is 4.79 Å². The maximum absolute atomic E-state index is 13.0. The Kier molecular flexibility index (Phi) is 6.63. The summed E-state index contributed by atoms with van der Waals surface area (Å²) >= 11 is 0. The molecule has 3 aromatic carbocycles. The number of hydrogen-bond donors (Lipinski definition) is 1. The molecule has 1 N–H and O–H groups in total. The summed E-state index contributed by atoms with van der Waals surface area (Å²) in [6.45, 7) is 6.95. The van der Waals surface area contributed by atoms with E-state index in [9.17, 15) is 4.79 Å². The highest BCUT2D eigenvalue weighted by atomic mass is 16.5. The van der Waals surface area contributed by atoms with Crippen molar-refractivity contribution < 1.29 is 14.3 Å². The number of amides is 1. The third-order valence-corrected chi connectivity index (χ3v) is 5.69. The second-order valence-corrected chi connectivity index (χ2v) is 8.12. The van der Waals surface area contributed by atoms with Crippen molar-refractivity contribution in [2.24, 2.45) is 0 Å². The molecule has 1 heterocycles. The Labute approximate surface area is 194 Å². The van der Waals surface area contributed by atoms with E-state index in [2.05, 4.69) is 9.88 Å². The highest BCUT2D eigenvalue weighted by Gasteiger charge is 2.20. The maximum Gasteiger partial charge on any atom is 0.252 e. The van der Waals surface area contributed by atoms with E-state index in [0.29, 0.717) is 30.2 Å². The van der Waals surface area contributed by atoms with Crippen molar-refractivity contribution in [3.05, 3.63) is 89.2 Å². The zero-order chi connectivity index (χ0) is 23.4. The number of rotatable bonds is 8. The minimum atomic E-state index is -0.281. The Morgan fingerprint density at radius 1 is 1.03 bits per heavy atom. The van der Waals surface area contributed by atoms with E-state index in [1.54, 1.807) is 7.11 Å². The van der Waals surface area contributed by atoms with E-state index < -0.39 is 0 Å². The largest absolute Gasteiger partial charge is 0.493 e. The van der Waals surface area contributed by atoms with Crippen LogP contribution in [0.3, 0.4) is 0 Å². The van der Waals surface area contributed by atoms with Gasteiger partial charge >= 0.3 is 0 Å². The first kappa shape index (κ1) is 22.4. The molecule has 0 saturated carbocycles. The quantitative estimate of drug-likeness (QED) is 0.405. The van der Waals surface area contributed by atoms with Crippen molar-refractivity contribution in [3.63, 3.8) is 0 Å². The summed E-state index contributed by atoms with van der Waals surface area (Å²) in [5.74, 6) is 2.08. The first-order valence-electron chi connectivity index (χ1n) is 11.1. The number of ether oxygens (including phenoxy) is 2. The lowest BCUT2D eigenvalue weighted by Gasteiger charge is -2.18. The van der Waals surface area contributed by atoms with Crippen molar-refractivity contribution in [2.45, 2.75) is 33.4 Å². The number of para-hydroxylation sites is 4. The van der Waals surface area contributed by atoms with Gasteiger partial charge in [0.25, 0.3) is 5.91 Å². The number of hydrogen-bond acceptors (Lipinski definition) is 4. The Balaban J connectivity index is 1.55. The van der Waals surface area contributed by atoms with Crippen LogP contribution in [0, 0.1) is 13.8 Å². The summed E-state index contributed by atoms with van der Waals surface area (Å²) in [6.07, 6.45) is 0. The first-order chi connectivity index (χ1) is 16.0. The maximum atomic E-state index is 13.0. The zero-order valence-electron chi connectivity index (χ0n) is 19.5. The third kappa shape index (κ3) is 4.85. The van der Waals surface area contributed by atoms with Gasteiger partial charge in [-0.2, -0.15) is 0 Å².